The SMILES string of the molecule is CCCC1(CC)C(=O)NC=C(CO)C1=O. The van der Waals surface area contributed by atoms with Gasteiger partial charge in [0.1, 0.15) is 5.41 Å². The van der Waals surface area contributed by atoms with Crippen LogP contribution in [0.4, 0.5) is 0 Å². The maximum Gasteiger partial charge on any atom is 0.237 e. The minimum absolute atomic E-state index is 0.224. The Morgan fingerprint density at radius 1 is 1.40 bits per heavy atom. The van der Waals surface area contributed by atoms with Crippen LogP contribution in [0.15, 0.2) is 11.8 Å². The molecular weight excluding hydrogens is 194 g/mol. The number of aliphatic hydroxyl groups is 1. The minimum Gasteiger partial charge on any atom is -0.391 e. The Labute approximate surface area is 89.4 Å². The van der Waals surface area contributed by atoms with Crippen LogP contribution in [0.2, 0.25) is 0 Å². The number of carbonyl (C=O) groups excluding carboxylic acids is 2. The first-order valence-corrected chi connectivity index (χ1v) is 5.28. The molecule has 0 saturated heterocycles. The summed E-state index contributed by atoms with van der Waals surface area (Å²) < 4.78 is 0. The Morgan fingerprint density at radius 2 is 2.07 bits per heavy atom. The van der Waals surface area contributed by atoms with Crippen molar-refractivity contribution in [3.05, 3.63) is 11.8 Å². The van der Waals surface area contributed by atoms with E-state index in [0.29, 0.717) is 18.4 Å². The van der Waals surface area contributed by atoms with Crippen LogP contribution in [-0.2, 0) is 9.59 Å². The molecule has 0 bridgehead atoms. The fourth-order valence-electron chi connectivity index (χ4n) is 2.04. The maximum absolute atomic E-state index is 12.0. The van der Waals surface area contributed by atoms with Crippen LogP contribution < -0.4 is 5.32 Å². The number of ketones is 1. The van der Waals surface area contributed by atoms with Crippen LogP contribution in [-0.4, -0.2) is 23.4 Å². The third kappa shape index (κ3) is 1.81. The second-order valence-electron chi connectivity index (χ2n) is 3.82. The van der Waals surface area contributed by atoms with Gasteiger partial charge in [0.15, 0.2) is 5.78 Å². The van der Waals surface area contributed by atoms with Crippen molar-refractivity contribution in [2.24, 2.45) is 5.41 Å². The standard InChI is InChI=1S/C11H17NO3/c1-3-5-11(4-2)9(14)8(7-13)6-12-10(11)15/h6,13H,3-5,7H2,1-2H3,(H,12,15). The first kappa shape index (κ1) is 11.9. The van der Waals surface area contributed by atoms with Gasteiger partial charge in [0.25, 0.3) is 0 Å². The van der Waals surface area contributed by atoms with Crippen LogP contribution in [0.25, 0.3) is 0 Å². The maximum atomic E-state index is 12.0. The highest BCUT2D eigenvalue weighted by Gasteiger charge is 2.46. The minimum atomic E-state index is -0.957. The summed E-state index contributed by atoms with van der Waals surface area (Å²) in [5.74, 6) is -0.466. The van der Waals surface area contributed by atoms with E-state index >= 15 is 0 Å². The first-order valence-electron chi connectivity index (χ1n) is 5.28. The lowest BCUT2D eigenvalue weighted by atomic mass is 9.72. The molecule has 0 saturated carbocycles. The molecule has 0 radical (unpaired) electrons. The van der Waals surface area contributed by atoms with Crippen molar-refractivity contribution in [3.63, 3.8) is 0 Å². The van der Waals surface area contributed by atoms with Crippen LogP contribution in [0, 0.1) is 5.41 Å². The fraction of sp³-hybridized carbons (Fsp3) is 0.636. The Bertz CT molecular complexity index is 309. The molecule has 1 heterocycles. The van der Waals surface area contributed by atoms with Gasteiger partial charge in [0.2, 0.25) is 5.91 Å². The number of amides is 1. The Balaban J connectivity index is 3.09. The highest BCUT2D eigenvalue weighted by atomic mass is 16.3. The predicted octanol–water partition coefficient (Wildman–Crippen LogP) is 0.758. The lowest BCUT2D eigenvalue weighted by molar-refractivity contribution is -0.141. The number of rotatable bonds is 4. The van der Waals surface area contributed by atoms with Gasteiger partial charge in [-0.2, -0.15) is 0 Å². The van der Waals surface area contributed by atoms with Crippen LogP contribution in [0.1, 0.15) is 33.1 Å². The number of Topliss-reactive ketones (excluding diaryl/α,β-unsaturated/α-hetero) is 1. The molecule has 0 aromatic rings. The lowest BCUT2D eigenvalue weighted by Crippen LogP contribution is -2.49. The van der Waals surface area contributed by atoms with Gasteiger partial charge in [-0.1, -0.05) is 20.3 Å². The van der Waals surface area contributed by atoms with E-state index in [4.69, 9.17) is 5.11 Å². The van der Waals surface area contributed by atoms with Gasteiger partial charge in [-0.25, -0.2) is 0 Å². The summed E-state index contributed by atoms with van der Waals surface area (Å²) >= 11 is 0. The Morgan fingerprint density at radius 3 is 2.53 bits per heavy atom. The Hall–Kier alpha value is -1.16. The van der Waals surface area contributed by atoms with Crippen LogP contribution in [0.5, 0.6) is 0 Å². The molecule has 0 fully saturated rings. The van der Waals surface area contributed by atoms with Crippen molar-refractivity contribution >= 4 is 11.7 Å². The molecule has 1 unspecified atom stereocenters. The zero-order chi connectivity index (χ0) is 11.5. The number of hydrogen-bond acceptors (Lipinski definition) is 3. The molecule has 0 aromatic carbocycles. The quantitative estimate of drug-likeness (QED) is 0.675. The van der Waals surface area contributed by atoms with E-state index in [1.165, 1.54) is 6.20 Å². The van der Waals surface area contributed by atoms with Crippen molar-refractivity contribution in [1.82, 2.24) is 5.32 Å². The van der Waals surface area contributed by atoms with E-state index in [-0.39, 0.29) is 18.3 Å². The highest BCUT2D eigenvalue weighted by Crippen LogP contribution is 2.34. The monoisotopic (exact) mass is 211 g/mol. The average Bonchev–Trinajstić information content (AvgIpc) is 2.24. The zero-order valence-corrected chi connectivity index (χ0v) is 9.17. The van der Waals surface area contributed by atoms with Gasteiger partial charge >= 0.3 is 0 Å². The molecule has 15 heavy (non-hydrogen) atoms. The normalized spacial score (nSPS) is 26.2. The third-order valence-electron chi connectivity index (χ3n) is 2.99. The van der Waals surface area contributed by atoms with Crippen LogP contribution >= 0.6 is 0 Å². The summed E-state index contributed by atoms with van der Waals surface area (Å²) in [5.41, 5.74) is -0.661. The van der Waals surface area contributed by atoms with Crippen molar-refractivity contribution < 1.29 is 14.7 Å². The van der Waals surface area contributed by atoms with Gasteiger partial charge in [-0.3, -0.25) is 9.59 Å². The summed E-state index contributed by atoms with van der Waals surface area (Å²) in [6.07, 6.45) is 3.09. The van der Waals surface area contributed by atoms with Gasteiger partial charge in [-0.15, -0.1) is 0 Å². The van der Waals surface area contributed by atoms with E-state index in [2.05, 4.69) is 5.32 Å². The average molecular weight is 211 g/mol. The topological polar surface area (TPSA) is 66.4 Å². The van der Waals surface area contributed by atoms with Crippen molar-refractivity contribution in [1.29, 1.82) is 0 Å². The molecule has 4 nitrogen and oxygen atoms in total. The summed E-state index contributed by atoms with van der Waals surface area (Å²) in [7, 11) is 0. The van der Waals surface area contributed by atoms with Crippen molar-refractivity contribution in [2.75, 3.05) is 6.61 Å². The van der Waals surface area contributed by atoms with Crippen molar-refractivity contribution in [2.45, 2.75) is 33.1 Å². The van der Waals surface area contributed by atoms with E-state index < -0.39 is 5.41 Å². The summed E-state index contributed by atoms with van der Waals surface area (Å²) in [6, 6.07) is 0. The number of nitrogens with one attached hydrogen (secondary N) is 1. The number of hydrogen-bond donors (Lipinski definition) is 2. The van der Waals surface area contributed by atoms with Gasteiger partial charge < -0.3 is 10.4 Å². The highest BCUT2D eigenvalue weighted by molar-refractivity contribution is 6.16. The Kier molecular flexibility index (Phi) is 3.63. The number of aliphatic hydroxyl groups excluding tert-OH is 1. The molecule has 1 atom stereocenters. The molecule has 84 valence electrons. The van der Waals surface area contributed by atoms with Crippen molar-refractivity contribution in [3.8, 4) is 0 Å². The molecule has 1 amide bonds. The fourth-order valence-corrected chi connectivity index (χ4v) is 2.04. The predicted molar refractivity (Wildman–Crippen MR) is 56.0 cm³/mol. The molecule has 1 aliphatic heterocycles. The summed E-state index contributed by atoms with van der Waals surface area (Å²) in [5, 5.41) is 11.6. The zero-order valence-electron chi connectivity index (χ0n) is 9.17. The lowest BCUT2D eigenvalue weighted by Gasteiger charge is -2.32. The molecular formula is C11H17NO3. The molecule has 0 aliphatic carbocycles. The summed E-state index contributed by atoms with van der Waals surface area (Å²) in [4.78, 5) is 23.8. The molecule has 1 rings (SSSR count). The van der Waals surface area contributed by atoms with E-state index in [0.717, 1.165) is 6.42 Å². The molecule has 2 N–H and O–H groups in total. The molecule has 1 aliphatic rings. The molecule has 0 spiro atoms. The molecule has 4 heteroatoms. The van der Waals surface area contributed by atoms with E-state index in [9.17, 15) is 9.59 Å². The largest absolute Gasteiger partial charge is 0.391 e. The summed E-state index contributed by atoms with van der Waals surface area (Å²) in [6.45, 7) is 3.45. The van der Waals surface area contributed by atoms with Gasteiger partial charge in [0, 0.05) is 11.8 Å². The second-order valence-corrected chi connectivity index (χ2v) is 3.82. The van der Waals surface area contributed by atoms with Crippen LogP contribution in [0.3, 0.4) is 0 Å². The molecule has 0 aromatic heterocycles. The van der Waals surface area contributed by atoms with Gasteiger partial charge in [-0.05, 0) is 12.8 Å². The first-order chi connectivity index (χ1) is 7.12. The van der Waals surface area contributed by atoms with E-state index in [1.807, 2.05) is 13.8 Å². The smallest absolute Gasteiger partial charge is 0.237 e. The third-order valence-corrected chi connectivity index (χ3v) is 2.99. The van der Waals surface area contributed by atoms with E-state index in [1.54, 1.807) is 0 Å². The second kappa shape index (κ2) is 4.57. The number of carbonyl (C=O) groups is 2. The van der Waals surface area contributed by atoms with Gasteiger partial charge in [0.05, 0.1) is 6.61 Å².